The highest BCUT2D eigenvalue weighted by molar-refractivity contribution is 6.03. The van der Waals surface area contributed by atoms with Crippen LogP contribution in [0.3, 0.4) is 0 Å². The van der Waals surface area contributed by atoms with Gasteiger partial charge in [-0.25, -0.2) is 0 Å². The maximum Gasteiger partial charge on any atom is 0.235 e. The number of nitrogens with zero attached hydrogens (tertiary/aromatic N) is 1. The first kappa shape index (κ1) is 19.2. The van der Waals surface area contributed by atoms with Crippen molar-refractivity contribution in [3.8, 4) is 5.75 Å². The molecule has 1 aliphatic heterocycles. The molecule has 148 valence electrons. The van der Waals surface area contributed by atoms with Crippen LogP contribution in [0, 0.1) is 5.92 Å². The van der Waals surface area contributed by atoms with Gasteiger partial charge >= 0.3 is 0 Å². The Morgan fingerprint density at radius 3 is 2.17 bits per heavy atom. The van der Waals surface area contributed by atoms with Gasteiger partial charge in [-0.2, -0.15) is 0 Å². The number of hydrogen-bond donors (Lipinski definition) is 1. The number of aryl methyl sites for hydroxylation is 1. The third-order valence-corrected chi connectivity index (χ3v) is 5.62. The number of para-hydroxylation sites is 1. The third kappa shape index (κ3) is 3.89. The summed E-state index contributed by atoms with van der Waals surface area (Å²) in [5.74, 6) is 0.289. The van der Waals surface area contributed by atoms with E-state index in [-0.39, 0.29) is 11.9 Å². The molecule has 4 rings (SSSR count). The average molecular weight is 387 g/mol. The zero-order valence-corrected chi connectivity index (χ0v) is 16.4. The molecule has 4 nitrogen and oxygen atoms in total. The van der Waals surface area contributed by atoms with Crippen LogP contribution in [0.4, 0.5) is 5.69 Å². The van der Waals surface area contributed by atoms with Gasteiger partial charge in [-0.3, -0.25) is 4.79 Å². The number of rotatable bonds is 7. The SMILES string of the molecule is COc1ccc([C@H]2[C@@H]([C@H](O)CCc3ccccc3)C(=O)N2c2ccccc2)cc1. The van der Waals surface area contributed by atoms with Crippen LogP contribution in [-0.2, 0) is 11.2 Å². The third-order valence-electron chi connectivity index (χ3n) is 5.62. The number of ether oxygens (including phenoxy) is 1. The van der Waals surface area contributed by atoms with Crippen LogP contribution in [0.5, 0.6) is 5.75 Å². The number of hydrogen-bond acceptors (Lipinski definition) is 3. The maximum atomic E-state index is 13.1. The van der Waals surface area contributed by atoms with E-state index in [1.165, 1.54) is 5.56 Å². The smallest absolute Gasteiger partial charge is 0.235 e. The van der Waals surface area contributed by atoms with Gasteiger partial charge in [-0.15, -0.1) is 0 Å². The Morgan fingerprint density at radius 1 is 0.931 bits per heavy atom. The normalized spacial score (nSPS) is 19.5. The highest BCUT2D eigenvalue weighted by atomic mass is 16.5. The van der Waals surface area contributed by atoms with Crippen molar-refractivity contribution in [1.29, 1.82) is 0 Å². The van der Waals surface area contributed by atoms with E-state index in [0.29, 0.717) is 6.42 Å². The second-order valence-corrected chi connectivity index (χ2v) is 7.38. The second-order valence-electron chi connectivity index (χ2n) is 7.38. The van der Waals surface area contributed by atoms with Crippen LogP contribution in [0.25, 0.3) is 0 Å². The predicted molar refractivity (Wildman–Crippen MR) is 114 cm³/mol. The minimum Gasteiger partial charge on any atom is -0.497 e. The first-order valence-electron chi connectivity index (χ1n) is 9.93. The minimum absolute atomic E-state index is 0.0300. The Kier molecular flexibility index (Phi) is 5.63. The molecule has 1 heterocycles. The molecule has 1 aliphatic rings. The van der Waals surface area contributed by atoms with Gasteiger partial charge < -0.3 is 14.7 Å². The van der Waals surface area contributed by atoms with Gasteiger partial charge in [-0.05, 0) is 48.2 Å². The molecule has 29 heavy (non-hydrogen) atoms. The summed E-state index contributed by atoms with van der Waals surface area (Å²) in [6, 6.07) is 27.3. The Labute approximate surface area is 171 Å². The van der Waals surface area contributed by atoms with Crippen molar-refractivity contribution >= 4 is 11.6 Å². The summed E-state index contributed by atoms with van der Waals surface area (Å²) in [5, 5.41) is 10.9. The van der Waals surface area contributed by atoms with E-state index in [1.807, 2.05) is 84.9 Å². The fraction of sp³-hybridized carbons (Fsp3) is 0.240. The van der Waals surface area contributed by atoms with Gasteiger partial charge in [0.2, 0.25) is 5.91 Å². The molecule has 0 aliphatic carbocycles. The molecule has 1 saturated heterocycles. The minimum atomic E-state index is -0.699. The number of benzene rings is 3. The molecule has 0 saturated carbocycles. The van der Waals surface area contributed by atoms with Crippen LogP contribution >= 0.6 is 0 Å². The largest absolute Gasteiger partial charge is 0.497 e. The fourth-order valence-corrected chi connectivity index (χ4v) is 4.06. The molecule has 1 amide bonds. The topological polar surface area (TPSA) is 49.8 Å². The molecule has 1 N–H and O–H groups in total. The van der Waals surface area contributed by atoms with Crippen LogP contribution < -0.4 is 9.64 Å². The average Bonchev–Trinajstić information content (AvgIpc) is 2.77. The monoisotopic (exact) mass is 387 g/mol. The summed E-state index contributed by atoms with van der Waals surface area (Å²) in [6.07, 6.45) is 0.595. The number of anilines is 1. The quantitative estimate of drug-likeness (QED) is 0.612. The van der Waals surface area contributed by atoms with Crippen LogP contribution in [0.1, 0.15) is 23.6 Å². The van der Waals surface area contributed by atoms with Gasteiger partial charge in [0.15, 0.2) is 0 Å². The zero-order valence-electron chi connectivity index (χ0n) is 16.4. The zero-order chi connectivity index (χ0) is 20.2. The molecule has 3 atom stereocenters. The first-order chi connectivity index (χ1) is 14.2. The van der Waals surface area contributed by atoms with Crippen molar-refractivity contribution in [2.75, 3.05) is 12.0 Å². The van der Waals surface area contributed by atoms with Crippen molar-refractivity contribution in [2.24, 2.45) is 5.92 Å². The first-order valence-corrected chi connectivity index (χ1v) is 9.93. The molecular formula is C25H25NO3. The fourth-order valence-electron chi connectivity index (χ4n) is 4.06. The second kappa shape index (κ2) is 8.50. The van der Waals surface area contributed by atoms with Gasteiger partial charge in [0, 0.05) is 5.69 Å². The molecule has 0 unspecified atom stereocenters. The van der Waals surface area contributed by atoms with Crippen molar-refractivity contribution in [3.05, 3.63) is 96.1 Å². The number of methoxy groups -OCH3 is 1. The summed E-state index contributed by atoms with van der Waals surface area (Å²) in [7, 11) is 1.63. The summed E-state index contributed by atoms with van der Waals surface area (Å²) in [6.45, 7) is 0. The van der Waals surface area contributed by atoms with E-state index in [0.717, 1.165) is 23.4 Å². The Bertz CT molecular complexity index is 941. The summed E-state index contributed by atoms with van der Waals surface area (Å²) in [5.41, 5.74) is 3.02. The summed E-state index contributed by atoms with van der Waals surface area (Å²) in [4.78, 5) is 14.9. The number of carbonyl (C=O) groups is 1. The lowest BCUT2D eigenvalue weighted by Crippen LogP contribution is -2.59. The van der Waals surface area contributed by atoms with Gasteiger partial charge in [-0.1, -0.05) is 60.7 Å². The van der Waals surface area contributed by atoms with Crippen molar-refractivity contribution in [2.45, 2.75) is 25.0 Å². The van der Waals surface area contributed by atoms with Gasteiger partial charge in [0.05, 0.1) is 25.2 Å². The lowest BCUT2D eigenvalue weighted by atomic mass is 9.76. The van der Waals surface area contributed by atoms with Crippen LogP contribution in [0.2, 0.25) is 0 Å². The molecule has 1 fully saturated rings. The van der Waals surface area contributed by atoms with E-state index >= 15 is 0 Å². The van der Waals surface area contributed by atoms with Gasteiger partial charge in [0.1, 0.15) is 5.75 Å². The number of aliphatic hydroxyl groups is 1. The predicted octanol–water partition coefficient (Wildman–Crippen LogP) is 4.39. The van der Waals surface area contributed by atoms with E-state index in [9.17, 15) is 9.90 Å². The lowest BCUT2D eigenvalue weighted by Gasteiger charge is -2.49. The number of aliphatic hydroxyl groups excluding tert-OH is 1. The standard InChI is InChI=1S/C25H25NO3/c1-29-21-15-13-19(14-16-21)24-23(22(27)17-12-18-8-4-2-5-9-18)25(28)26(24)20-10-6-3-7-11-20/h2-11,13-16,22-24,27H,12,17H2,1H3/t22-,23-,24+/m1/s1. The molecule has 0 radical (unpaired) electrons. The van der Waals surface area contributed by atoms with E-state index in [4.69, 9.17) is 4.74 Å². The van der Waals surface area contributed by atoms with E-state index < -0.39 is 12.0 Å². The van der Waals surface area contributed by atoms with E-state index in [2.05, 4.69) is 0 Å². The Morgan fingerprint density at radius 2 is 1.55 bits per heavy atom. The summed E-state index contributed by atoms with van der Waals surface area (Å²) < 4.78 is 5.27. The molecule has 3 aromatic rings. The number of amides is 1. The van der Waals surface area contributed by atoms with Crippen LogP contribution in [-0.4, -0.2) is 24.2 Å². The summed E-state index contributed by atoms with van der Waals surface area (Å²) >= 11 is 0. The highest BCUT2D eigenvalue weighted by Crippen LogP contribution is 2.46. The molecule has 0 aromatic heterocycles. The van der Waals surface area contributed by atoms with Crippen molar-refractivity contribution in [1.82, 2.24) is 0 Å². The van der Waals surface area contributed by atoms with Crippen LogP contribution in [0.15, 0.2) is 84.9 Å². The molecule has 0 bridgehead atoms. The van der Waals surface area contributed by atoms with Crippen molar-refractivity contribution < 1.29 is 14.6 Å². The number of β-lactam (4-membered cyclic amide) rings is 1. The molecule has 4 heteroatoms. The lowest BCUT2D eigenvalue weighted by molar-refractivity contribution is -0.136. The Hall–Kier alpha value is -3.11. The van der Waals surface area contributed by atoms with Gasteiger partial charge in [0.25, 0.3) is 0 Å². The van der Waals surface area contributed by atoms with Crippen molar-refractivity contribution in [3.63, 3.8) is 0 Å². The Balaban J connectivity index is 1.58. The molecular weight excluding hydrogens is 362 g/mol. The maximum absolute atomic E-state index is 13.1. The van der Waals surface area contributed by atoms with E-state index in [1.54, 1.807) is 12.0 Å². The highest BCUT2D eigenvalue weighted by Gasteiger charge is 2.51. The molecule has 3 aromatic carbocycles. The molecule has 0 spiro atoms. The number of carbonyl (C=O) groups excluding carboxylic acids is 1.